The molecule has 2 aromatic rings. The molecule has 3 rings (SSSR count). The largest absolute Gasteiger partial charge is 0.372 e. The molecule has 0 aromatic heterocycles. The lowest BCUT2D eigenvalue weighted by molar-refractivity contribution is -0.121. The van der Waals surface area contributed by atoms with Crippen molar-refractivity contribution in [2.24, 2.45) is 0 Å². The summed E-state index contributed by atoms with van der Waals surface area (Å²) in [6.07, 6.45) is 3.47. The van der Waals surface area contributed by atoms with Gasteiger partial charge in [-0.25, -0.2) is 0 Å². The summed E-state index contributed by atoms with van der Waals surface area (Å²) in [5, 5.41) is 2.97. The predicted octanol–water partition coefficient (Wildman–Crippen LogP) is 4.73. The van der Waals surface area contributed by atoms with E-state index in [0.29, 0.717) is 31.6 Å². The molecule has 6 heteroatoms. The highest BCUT2D eigenvalue weighted by Crippen LogP contribution is 2.15. The summed E-state index contributed by atoms with van der Waals surface area (Å²) in [6, 6.07) is 15.8. The Kier molecular flexibility index (Phi) is 8.67. The van der Waals surface area contributed by atoms with Gasteiger partial charge in [0.2, 0.25) is 5.91 Å². The van der Waals surface area contributed by atoms with Crippen molar-refractivity contribution in [2.45, 2.75) is 58.3 Å². The Morgan fingerprint density at radius 3 is 2.23 bits per heavy atom. The van der Waals surface area contributed by atoms with E-state index in [9.17, 15) is 9.59 Å². The molecule has 0 radical (unpaired) electrons. The minimum atomic E-state index is 0.0309. The van der Waals surface area contributed by atoms with Crippen molar-refractivity contribution in [3.63, 3.8) is 0 Å². The number of aryl methyl sites for hydroxylation is 1. The number of nitrogens with zero attached hydrogens (tertiary/aromatic N) is 1. The number of nitrogens with one attached hydrogen (secondary N) is 1. The van der Waals surface area contributed by atoms with Crippen LogP contribution in [0.1, 0.15) is 54.6 Å². The number of carbonyl (C=O) groups is 2. The normalized spacial score (nSPS) is 18.6. The number of morpholine rings is 1. The smallest absolute Gasteiger partial charge is 0.254 e. The zero-order chi connectivity index (χ0) is 22.2. The second-order valence-corrected chi connectivity index (χ2v) is 9.19. The molecule has 1 aliphatic rings. The average Bonchev–Trinajstić information content (AvgIpc) is 2.76. The molecule has 0 bridgehead atoms. The van der Waals surface area contributed by atoms with Crippen LogP contribution in [0.5, 0.6) is 0 Å². The minimum absolute atomic E-state index is 0.0309. The Morgan fingerprint density at radius 1 is 0.968 bits per heavy atom. The number of hydrogen-bond donors (Lipinski definition) is 1. The number of hydrogen-bond acceptors (Lipinski definition) is 3. The maximum atomic E-state index is 12.7. The number of rotatable bonds is 8. The Morgan fingerprint density at radius 2 is 1.58 bits per heavy atom. The zero-order valence-corrected chi connectivity index (χ0v) is 19.9. The van der Waals surface area contributed by atoms with E-state index >= 15 is 0 Å². The van der Waals surface area contributed by atoms with Crippen LogP contribution in [0.3, 0.4) is 0 Å². The van der Waals surface area contributed by atoms with E-state index < -0.39 is 0 Å². The lowest BCUT2D eigenvalue weighted by Gasteiger charge is -2.35. The number of amides is 2. The monoisotopic (exact) mass is 486 g/mol. The van der Waals surface area contributed by atoms with Crippen LogP contribution in [0.4, 0.5) is 0 Å². The fourth-order valence-corrected chi connectivity index (χ4v) is 4.11. The third kappa shape index (κ3) is 7.47. The van der Waals surface area contributed by atoms with Gasteiger partial charge in [0.15, 0.2) is 0 Å². The summed E-state index contributed by atoms with van der Waals surface area (Å²) in [5.41, 5.74) is 2.95. The van der Waals surface area contributed by atoms with Gasteiger partial charge in [0.25, 0.3) is 5.91 Å². The standard InChI is InChI=1S/C25H31BrN2O3/c1-18-16-28(17-19(2)31-18)25(30)22-11-7-21(8-12-22)15-27-24(29)6-4-3-5-20-9-13-23(26)14-10-20/h7-14,18-19H,3-6,15-17H2,1-2H3,(H,27,29). The summed E-state index contributed by atoms with van der Waals surface area (Å²) in [4.78, 5) is 26.7. The van der Waals surface area contributed by atoms with Gasteiger partial charge in [-0.3, -0.25) is 9.59 Å². The molecule has 1 fully saturated rings. The van der Waals surface area contributed by atoms with Gasteiger partial charge >= 0.3 is 0 Å². The van der Waals surface area contributed by atoms with E-state index in [-0.39, 0.29) is 24.0 Å². The van der Waals surface area contributed by atoms with Gasteiger partial charge in [0, 0.05) is 36.1 Å². The van der Waals surface area contributed by atoms with E-state index in [1.54, 1.807) is 0 Å². The number of carbonyl (C=O) groups excluding carboxylic acids is 2. The molecule has 2 unspecified atom stereocenters. The number of halogens is 1. The molecule has 2 atom stereocenters. The summed E-state index contributed by atoms with van der Waals surface area (Å²) < 4.78 is 6.78. The second-order valence-electron chi connectivity index (χ2n) is 8.27. The van der Waals surface area contributed by atoms with Crippen LogP contribution in [0.25, 0.3) is 0 Å². The van der Waals surface area contributed by atoms with E-state index in [0.717, 1.165) is 29.3 Å². The van der Waals surface area contributed by atoms with Crippen LogP contribution in [-0.2, 0) is 22.5 Å². The van der Waals surface area contributed by atoms with Crippen LogP contribution < -0.4 is 5.32 Å². The Hall–Kier alpha value is -2.18. The van der Waals surface area contributed by atoms with E-state index in [4.69, 9.17) is 4.74 Å². The van der Waals surface area contributed by atoms with Crippen LogP contribution in [0.2, 0.25) is 0 Å². The van der Waals surface area contributed by atoms with Crippen molar-refractivity contribution in [3.8, 4) is 0 Å². The van der Waals surface area contributed by atoms with Crippen LogP contribution in [0, 0.1) is 0 Å². The van der Waals surface area contributed by atoms with Crippen LogP contribution in [0.15, 0.2) is 53.0 Å². The van der Waals surface area contributed by atoms with Crippen molar-refractivity contribution in [2.75, 3.05) is 13.1 Å². The maximum absolute atomic E-state index is 12.7. The zero-order valence-electron chi connectivity index (χ0n) is 18.3. The lowest BCUT2D eigenvalue weighted by atomic mass is 10.1. The first-order valence-electron chi connectivity index (χ1n) is 11.0. The topological polar surface area (TPSA) is 58.6 Å². The van der Waals surface area contributed by atoms with Gasteiger partial charge < -0.3 is 15.0 Å². The molecule has 1 N–H and O–H groups in total. The van der Waals surface area contributed by atoms with Crippen molar-refractivity contribution in [1.29, 1.82) is 0 Å². The summed E-state index contributed by atoms with van der Waals surface area (Å²) in [5.74, 6) is 0.0932. The molecule has 5 nitrogen and oxygen atoms in total. The molecule has 1 heterocycles. The SMILES string of the molecule is CC1CN(C(=O)c2ccc(CNC(=O)CCCCc3ccc(Br)cc3)cc2)CC(C)O1. The molecule has 2 amide bonds. The first-order valence-corrected chi connectivity index (χ1v) is 11.7. The van der Waals surface area contributed by atoms with Gasteiger partial charge in [-0.2, -0.15) is 0 Å². The van der Waals surface area contributed by atoms with E-state index in [2.05, 4.69) is 33.4 Å². The molecule has 166 valence electrons. The first kappa shape index (κ1) is 23.5. The molecule has 31 heavy (non-hydrogen) atoms. The van der Waals surface area contributed by atoms with Gasteiger partial charge in [0.1, 0.15) is 0 Å². The predicted molar refractivity (Wildman–Crippen MR) is 126 cm³/mol. The quantitative estimate of drug-likeness (QED) is 0.548. The highest BCUT2D eigenvalue weighted by molar-refractivity contribution is 9.10. The molecule has 2 aromatic carbocycles. The molecule has 0 spiro atoms. The van der Waals surface area contributed by atoms with Crippen molar-refractivity contribution in [1.82, 2.24) is 10.2 Å². The lowest BCUT2D eigenvalue weighted by Crippen LogP contribution is -2.48. The van der Waals surface area contributed by atoms with Gasteiger partial charge in [-0.1, -0.05) is 40.2 Å². The molecule has 0 aliphatic carbocycles. The molecule has 1 aliphatic heterocycles. The van der Waals surface area contributed by atoms with Gasteiger partial charge in [-0.05, 0) is 68.5 Å². The maximum Gasteiger partial charge on any atom is 0.254 e. The van der Waals surface area contributed by atoms with E-state index in [1.807, 2.05) is 55.1 Å². The molecule has 0 saturated carbocycles. The fourth-order valence-electron chi connectivity index (χ4n) is 3.85. The Bertz CT molecular complexity index is 857. The summed E-state index contributed by atoms with van der Waals surface area (Å²) >= 11 is 3.44. The third-order valence-corrected chi connectivity index (χ3v) is 5.96. The number of unbranched alkanes of at least 4 members (excludes halogenated alkanes) is 1. The van der Waals surface area contributed by atoms with Crippen molar-refractivity contribution >= 4 is 27.7 Å². The first-order chi connectivity index (χ1) is 14.9. The average molecular weight is 487 g/mol. The number of benzene rings is 2. The van der Waals surface area contributed by atoms with Crippen LogP contribution in [-0.4, -0.2) is 42.0 Å². The molecular formula is C25H31BrN2O3. The fraction of sp³-hybridized carbons (Fsp3) is 0.440. The van der Waals surface area contributed by atoms with Gasteiger partial charge in [0.05, 0.1) is 12.2 Å². The number of ether oxygens (including phenoxy) is 1. The Balaban J connectivity index is 1.38. The third-order valence-electron chi connectivity index (χ3n) is 5.43. The van der Waals surface area contributed by atoms with Crippen molar-refractivity contribution < 1.29 is 14.3 Å². The second kappa shape index (κ2) is 11.4. The Labute approximate surface area is 193 Å². The molecular weight excluding hydrogens is 456 g/mol. The summed E-state index contributed by atoms with van der Waals surface area (Å²) in [7, 11) is 0. The van der Waals surface area contributed by atoms with Crippen molar-refractivity contribution in [3.05, 3.63) is 69.7 Å². The minimum Gasteiger partial charge on any atom is -0.372 e. The van der Waals surface area contributed by atoms with Gasteiger partial charge in [-0.15, -0.1) is 0 Å². The highest BCUT2D eigenvalue weighted by Gasteiger charge is 2.26. The molecule has 1 saturated heterocycles. The van der Waals surface area contributed by atoms with E-state index in [1.165, 1.54) is 5.56 Å². The van der Waals surface area contributed by atoms with Crippen LogP contribution >= 0.6 is 15.9 Å². The summed E-state index contributed by atoms with van der Waals surface area (Å²) in [6.45, 7) is 5.68. The highest BCUT2D eigenvalue weighted by atomic mass is 79.9.